The molecule has 4 aromatic rings. The number of benzene rings is 2. The number of pyridine rings is 1. The molecular formula is C21H14Cl3N3OS. The molecule has 0 radical (unpaired) electrons. The van der Waals surface area contributed by atoms with E-state index < -0.39 is 0 Å². The van der Waals surface area contributed by atoms with E-state index in [4.69, 9.17) is 39.8 Å². The number of anilines is 1. The summed E-state index contributed by atoms with van der Waals surface area (Å²) in [4.78, 5) is 23.9. The molecule has 0 saturated heterocycles. The molecule has 146 valence electrons. The average molecular weight is 463 g/mol. The summed E-state index contributed by atoms with van der Waals surface area (Å²) in [7, 11) is 0. The van der Waals surface area contributed by atoms with E-state index in [0.29, 0.717) is 32.3 Å². The SMILES string of the molecule is Cc1c(Cl)ccc2sc(N(Cc3cccnc3)C(=O)c3cc(Cl)cc(Cl)c3)nc12. The number of amides is 1. The highest BCUT2D eigenvalue weighted by molar-refractivity contribution is 7.22. The van der Waals surface area contributed by atoms with Crippen molar-refractivity contribution in [2.75, 3.05) is 4.90 Å². The first kappa shape index (κ1) is 20.1. The minimum absolute atomic E-state index is 0.249. The molecule has 2 heterocycles. The number of aromatic nitrogens is 2. The molecule has 0 fully saturated rings. The number of nitrogens with zero attached hydrogens (tertiary/aromatic N) is 3. The van der Waals surface area contributed by atoms with E-state index in [-0.39, 0.29) is 5.91 Å². The van der Waals surface area contributed by atoms with E-state index in [1.54, 1.807) is 35.5 Å². The molecule has 0 aliphatic rings. The molecule has 29 heavy (non-hydrogen) atoms. The maximum Gasteiger partial charge on any atom is 0.260 e. The van der Waals surface area contributed by atoms with Crippen LogP contribution in [-0.2, 0) is 6.54 Å². The van der Waals surface area contributed by atoms with Gasteiger partial charge in [0.1, 0.15) is 0 Å². The third-order valence-electron chi connectivity index (χ3n) is 4.39. The first-order valence-electron chi connectivity index (χ1n) is 8.65. The van der Waals surface area contributed by atoms with Gasteiger partial charge in [-0.2, -0.15) is 0 Å². The van der Waals surface area contributed by atoms with Crippen LogP contribution < -0.4 is 4.90 Å². The van der Waals surface area contributed by atoms with Gasteiger partial charge in [-0.3, -0.25) is 14.7 Å². The molecule has 0 atom stereocenters. The molecular weight excluding hydrogens is 449 g/mol. The molecule has 0 aliphatic carbocycles. The second-order valence-electron chi connectivity index (χ2n) is 6.43. The van der Waals surface area contributed by atoms with Crippen molar-refractivity contribution in [2.24, 2.45) is 0 Å². The first-order valence-corrected chi connectivity index (χ1v) is 10.6. The Labute approximate surface area is 186 Å². The lowest BCUT2D eigenvalue weighted by Crippen LogP contribution is -2.30. The molecule has 2 aromatic carbocycles. The number of carbonyl (C=O) groups excluding carboxylic acids is 1. The number of hydrogen-bond acceptors (Lipinski definition) is 4. The van der Waals surface area contributed by atoms with E-state index in [1.165, 1.54) is 11.3 Å². The molecule has 8 heteroatoms. The Hall–Kier alpha value is -2.18. The Morgan fingerprint density at radius 2 is 1.86 bits per heavy atom. The molecule has 4 nitrogen and oxygen atoms in total. The van der Waals surface area contributed by atoms with Crippen molar-refractivity contribution in [1.29, 1.82) is 0 Å². The number of halogens is 3. The molecule has 0 bridgehead atoms. The lowest BCUT2D eigenvalue weighted by atomic mass is 10.2. The number of hydrogen-bond donors (Lipinski definition) is 0. The van der Waals surface area contributed by atoms with Crippen LogP contribution >= 0.6 is 46.1 Å². The number of fused-ring (bicyclic) bond motifs is 1. The number of carbonyl (C=O) groups is 1. The van der Waals surface area contributed by atoms with E-state index in [2.05, 4.69) is 4.98 Å². The zero-order chi connectivity index (χ0) is 20.5. The highest BCUT2D eigenvalue weighted by Gasteiger charge is 2.23. The minimum Gasteiger partial charge on any atom is -0.279 e. The quantitative estimate of drug-likeness (QED) is 0.335. The van der Waals surface area contributed by atoms with Crippen LogP contribution in [0.5, 0.6) is 0 Å². The highest BCUT2D eigenvalue weighted by atomic mass is 35.5. The fourth-order valence-electron chi connectivity index (χ4n) is 2.94. The lowest BCUT2D eigenvalue weighted by molar-refractivity contribution is 0.0985. The largest absolute Gasteiger partial charge is 0.279 e. The monoisotopic (exact) mass is 461 g/mol. The summed E-state index contributed by atoms with van der Waals surface area (Å²) < 4.78 is 0.954. The zero-order valence-corrected chi connectivity index (χ0v) is 18.3. The van der Waals surface area contributed by atoms with Gasteiger partial charge < -0.3 is 0 Å². The van der Waals surface area contributed by atoms with Crippen molar-refractivity contribution < 1.29 is 4.79 Å². The van der Waals surface area contributed by atoms with E-state index >= 15 is 0 Å². The lowest BCUT2D eigenvalue weighted by Gasteiger charge is -2.20. The molecule has 2 aromatic heterocycles. The summed E-state index contributed by atoms with van der Waals surface area (Å²) in [5.41, 5.74) is 2.93. The molecule has 0 spiro atoms. The van der Waals surface area contributed by atoms with Crippen LogP contribution in [0.25, 0.3) is 10.2 Å². The van der Waals surface area contributed by atoms with Gasteiger partial charge in [-0.25, -0.2) is 4.98 Å². The van der Waals surface area contributed by atoms with Crippen molar-refractivity contribution in [2.45, 2.75) is 13.5 Å². The van der Waals surface area contributed by atoms with E-state index in [9.17, 15) is 4.79 Å². The van der Waals surface area contributed by atoms with Crippen LogP contribution in [0, 0.1) is 6.92 Å². The summed E-state index contributed by atoms with van der Waals surface area (Å²) in [6.07, 6.45) is 3.41. The van der Waals surface area contributed by atoms with Gasteiger partial charge in [0.15, 0.2) is 5.13 Å². The smallest absolute Gasteiger partial charge is 0.260 e. The molecule has 1 amide bonds. The normalized spacial score (nSPS) is 11.0. The molecule has 0 aliphatic heterocycles. The van der Waals surface area contributed by atoms with E-state index in [0.717, 1.165) is 21.3 Å². The third kappa shape index (κ3) is 4.23. The summed E-state index contributed by atoms with van der Waals surface area (Å²) in [6, 6.07) is 12.3. The molecule has 4 rings (SSSR count). The summed E-state index contributed by atoms with van der Waals surface area (Å²) in [5.74, 6) is -0.249. The fourth-order valence-corrected chi connectivity index (χ4v) is 4.64. The topological polar surface area (TPSA) is 46.1 Å². The van der Waals surface area contributed by atoms with Gasteiger partial charge in [-0.1, -0.05) is 52.2 Å². The van der Waals surface area contributed by atoms with Crippen molar-refractivity contribution >= 4 is 67.4 Å². The van der Waals surface area contributed by atoms with Gasteiger partial charge in [-0.15, -0.1) is 0 Å². The summed E-state index contributed by atoms with van der Waals surface area (Å²) in [6.45, 7) is 2.22. The standard InChI is InChI=1S/C21H14Cl3N3OS/c1-12-17(24)4-5-18-19(12)26-21(29-18)27(11-13-3-2-6-25-10-13)20(28)14-7-15(22)9-16(23)8-14/h2-10H,11H2,1H3. The molecule has 0 unspecified atom stereocenters. The van der Waals surface area contributed by atoms with Crippen LogP contribution in [0.1, 0.15) is 21.5 Å². The Kier molecular flexibility index (Phi) is 5.74. The molecule has 0 saturated carbocycles. The zero-order valence-electron chi connectivity index (χ0n) is 15.2. The van der Waals surface area contributed by atoms with Crippen molar-refractivity contribution in [3.05, 3.63) is 86.6 Å². The number of aryl methyl sites for hydroxylation is 1. The Balaban J connectivity index is 1.82. The van der Waals surface area contributed by atoms with Crippen molar-refractivity contribution in [3.63, 3.8) is 0 Å². The van der Waals surface area contributed by atoms with Crippen LogP contribution in [0.4, 0.5) is 5.13 Å². The highest BCUT2D eigenvalue weighted by Crippen LogP contribution is 2.35. The maximum atomic E-state index is 13.4. The second kappa shape index (κ2) is 8.28. The third-order valence-corrected chi connectivity index (χ3v) is 6.28. The number of thiazole rings is 1. The van der Waals surface area contributed by atoms with Crippen LogP contribution in [-0.4, -0.2) is 15.9 Å². The fraction of sp³-hybridized carbons (Fsp3) is 0.0952. The van der Waals surface area contributed by atoms with Crippen molar-refractivity contribution in [3.8, 4) is 0 Å². The van der Waals surface area contributed by atoms with Crippen molar-refractivity contribution in [1.82, 2.24) is 9.97 Å². The maximum absolute atomic E-state index is 13.4. The number of rotatable bonds is 4. The van der Waals surface area contributed by atoms with Gasteiger partial charge >= 0.3 is 0 Å². The van der Waals surface area contributed by atoms with Gasteiger partial charge in [0.05, 0.1) is 16.8 Å². The van der Waals surface area contributed by atoms with Gasteiger partial charge in [0.2, 0.25) is 0 Å². The average Bonchev–Trinajstić information content (AvgIpc) is 3.13. The van der Waals surface area contributed by atoms with E-state index in [1.807, 2.05) is 31.2 Å². The Morgan fingerprint density at radius 1 is 1.10 bits per heavy atom. The predicted molar refractivity (Wildman–Crippen MR) is 121 cm³/mol. The first-order chi connectivity index (χ1) is 13.9. The Bertz CT molecular complexity index is 1190. The van der Waals surface area contributed by atoms with Crippen LogP contribution in [0.3, 0.4) is 0 Å². The van der Waals surface area contributed by atoms with Gasteiger partial charge in [-0.05, 0) is 54.4 Å². The van der Waals surface area contributed by atoms with Gasteiger partial charge in [0.25, 0.3) is 5.91 Å². The summed E-state index contributed by atoms with van der Waals surface area (Å²) in [5, 5.41) is 2.00. The Morgan fingerprint density at radius 3 is 2.55 bits per heavy atom. The van der Waals surface area contributed by atoms with Gasteiger partial charge in [0, 0.05) is 33.0 Å². The van der Waals surface area contributed by atoms with Crippen LogP contribution in [0.2, 0.25) is 15.1 Å². The summed E-state index contributed by atoms with van der Waals surface area (Å²) >= 11 is 19.9. The minimum atomic E-state index is -0.249. The van der Waals surface area contributed by atoms with Crippen LogP contribution in [0.15, 0.2) is 54.9 Å². The second-order valence-corrected chi connectivity index (χ2v) is 8.72. The molecule has 0 N–H and O–H groups in total. The predicted octanol–water partition coefficient (Wildman–Crippen LogP) is 6.81.